The summed E-state index contributed by atoms with van der Waals surface area (Å²) in [5.41, 5.74) is 6.70. The van der Waals surface area contributed by atoms with E-state index in [0.717, 1.165) is 12.1 Å². The maximum Gasteiger partial charge on any atom is 0.335 e. The van der Waals surface area contributed by atoms with Gasteiger partial charge in [0.1, 0.15) is 5.69 Å². The monoisotopic (exact) mass is 353 g/mol. The Morgan fingerprint density at radius 2 is 2.08 bits per heavy atom. The van der Waals surface area contributed by atoms with Gasteiger partial charge in [0.15, 0.2) is 5.82 Å². The number of carbonyl (C=O) groups is 1. The fourth-order valence-corrected chi connectivity index (χ4v) is 2.52. The number of fused-ring (bicyclic) bond motifs is 1. The van der Waals surface area contributed by atoms with Crippen molar-refractivity contribution >= 4 is 58.7 Å². The average molecular weight is 353 g/mol. The van der Waals surface area contributed by atoms with Gasteiger partial charge in [0.25, 0.3) is 5.56 Å². The van der Waals surface area contributed by atoms with Crippen molar-refractivity contribution in [3.8, 4) is 0 Å². The van der Waals surface area contributed by atoms with Gasteiger partial charge in [-0.3, -0.25) is 9.78 Å². The van der Waals surface area contributed by atoms with Gasteiger partial charge in [-0.1, -0.05) is 0 Å². The number of nitrogens with zero attached hydrogens (tertiary/aromatic N) is 1. The van der Waals surface area contributed by atoms with E-state index < -0.39 is 5.97 Å². The fourth-order valence-electron chi connectivity index (χ4n) is 2.52. The first-order valence-corrected chi connectivity index (χ1v) is 7.50. The minimum absolute atomic E-state index is 0. The number of nitrogens with one attached hydrogen (secondary N) is 4. The molecule has 2 heterocycles. The number of nitrogens with two attached hydrogens (primary N) is 1. The third kappa shape index (κ3) is 4.65. The van der Waals surface area contributed by atoms with Gasteiger partial charge in [-0.2, -0.15) is 4.98 Å². The molecule has 1 radical (unpaired) electrons. The van der Waals surface area contributed by atoms with Crippen molar-refractivity contribution in [3.63, 3.8) is 0 Å². The number of hydrogen-bond acceptors (Lipinski definition) is 7. The molecule has 1 aromatic heterocycles. The zero-order valence-corrected chi connectivity index (χ0v) is 15.8. The number of aromatic nitrogens is 2. The van der Waals surface area contributed by atoms with Gasteiger partial charge in [-0.25, -0.2) is 4.79 Å². The third-order valence-corrected chi connectivity index (χ3v) is 3.76. The Balaban J connectivity index is 0.00000225. The van der Waals surface area contributed by atoms with Crippen LogP contribution in [0.25, 0.3) is 0 Å². The molecule has 1 unspecified atom stereocenters. The molecule has 0 bridgehead atoms. The largest absolute Gasteiger partial charge is 0.478 e. The summed E-state index contributed by atoms with van der Waals surface area (Å²) in [6, 6.07) is 6.62. The van der Waals surface area contributed by atoms with Crippen molar-refractivity contribution in [2.45, 2.75) is 12.5 Å². The van der Waals surface area contributed by atoms with E-state index in [-0.39, 0.29) is 52.7 Å². The zero-order chi connectivity index (χ0) is 17.1. The predicted octanol–water partition coefficient (Wildman–Crippen LogP) is 0.378. The molecule has 127 valence electrons. The Morgan fingerprint density at radius 1 is 1.36 bits per heavy atom. The number of H-pyrrole nitrogens is 1. The van der Waals surface area contributed by atoms with Gasteiger partial charge in [0.2, 0.25) is 5.95 Å². The summed E-state index contributed by atoms with van der Waals surface area (Å²) in [5.74, 6) is -0.403. The molecule has 0 spiro atoms. The molecule has 1 aromatic carbocycles. The number of aromatic amines is 1. The number of nitrogen functional groups attached to an aromatic ring is 1. The smallest absolute Gasteiger partial charge is 0.335 e. The first-order valence-electron chi connectivity index (χ1n) is 7.50. The second kappa shape index (κ2) is 8.24. The summed E-state index contributed by atoms with van der Waals surface area (Å²) in [4.78, 5) is 29.2. The molecular weight excluding hydrogens is 335 g/mol. The second-order valence-electron chi connectivity index (χ2n) is 5.49. The summed E-state index contributed by atoms with van der Waals surface area (Å²) in [7, 11) is 0. The first-order chi connectivity index (χ1) is 11.5. The van der Waals surface area contributed by atoms with E-state index in [1.54, 1.807) is 24.3 Å². The van der Waals surface area contributed by atoms with E-state index in [2.05, 4.69) is 25.9 Å². The van der Waals surface area contributed by atoms with Crippen LogP contribution < -0.4 is 27.2 Å². The molecule has 0 saturated carbocycles. The molecular formula is C15H18N6NaO3. The van der Waals surface area contributed by atoms with Gasteiger partial charge >= 0.3 is 5.97 Å². The Hall–Kier alpha value is -2.23. The minimum Gasteiger partial charge on any atom is -0.478 e. The van der Waals surface area contributed by atoms with Gasteiger partial charge in [0.05, 0.1) is 5.56 Å². The van der Waals surface area contributed by atoms with Crippen LogP contribution >= 0.6 is 0 Å². The number of carboxylic acid groups (broad SMARTS) is 1. The average Bonchev–Trinajstić information content (AvgIpc) is 2.55. The molecule has 0 aliphatic carbocycles. The van der Waals surface area contributed by atoms with Crippen LogP contribution in [0.5, 0.6) is 0 Å². The number of rotatable bonds is 5. The Kier molecular flexibility index (Phi) is 6.29. The molecule has 1 aliphatic heterocycles. The fraction of sp³-hybridized carbons (Fsp3) is 0.267. The molecule has 1 atom stereocenters. The van der Waals surface area contributed by atoms with E-state index in [0.29, 0.717) is 24.6 Å². The van der Waals surface area contributed by atoms with Crippen molar-refractivity contribution in [2.24, 2.45) is 0 Å². The Bertz CT molecular complexity index is 808. The maximum atomic E-state index is 11.9. The van der Waals surface area contributed by atoms with Gasteiger partial charge in [-0.05, 0) is 30.7 Å². The van der Waals surface area contributed by atoms with Gasteiger partial charge in [-0.15, -0.1) is 0 Å². The van der Waals surface area contributed by atoms with Crippen molar-refractivity contribution < 1.29 is 9.90 Å². The van der Waals surface area contributed by atoms with Crippen LogP contribution in [0.1, 0.15) is 16.8 Å². The predicted molar refractivity (Wildman–Crippen MR) is 97.4 cm³/mol. The molecule has 25 heavy (non-hydrogen) atoms. The molecule has 3 rings (SSSR count). The van der Waals surface area contributed by atoms with E-state index in [1.165, 1.54) is 0 Å². The minimum atomic E-state index is -0.947. The van der Waals surface area contributed by atoms with Crippen LogP contribution in [0.4, 0.5) is 23.1 Å². The van der Waals surface area contributed by atoms with E-state index in [1.807, 2.05) is 0 Å². The maximum absolute atomic E-state index is 11.9. The molecule has 0 fully saturated rings. The first kappa shape index (κ1) is 19.1. The van der Waals surface area contributed by atoms with Crippen LogP contribution in [-0.2, 0) is 0 Å². The normalized spacial score (nSPS) is 15.1. The summed E-state index contributed by atoms with van der Waals surface area (Å²) in [6.45, 7) is 1.30. The number of hydrogen-bond donors (Lipinski definition) is 6. The number of benzene rings is 1. The summed E-state index contributed by atoms with van der Waals surface area (Å²) < 4.78 is 0. The second-order valence-corrected chi connectivity index (χ2v) is 5.49. The molecule has 1 aliphatic rings. The third-order valence-electron chi connectivity index (χ3n) is 3.76. The van der Waals surface area contributed by atoms with Gasteiger partial charge in [0, 0.05) is 54.4 Å². The van der Waals surface area contributed by atoms with Gasteiger partial charge < -0.3 is 26.8 Å². The van der Waals surface area contributed by atoms with E-state index in [9.17, 15) is 9.59 Å². The van der Waals surface area contributed by atoms with Crippen LogP contribution in [-0.4, -0.2) is 69.7 Å². The number of carboxylic acids is 1. The summed E-state index contributed by atoms with van der Waals surface area (Å²) in [5, 5.41) is 18.3. The summed E-state index contributed by atoms with van der Waals surface area (Å²) in [6.07, 6.45) is 0.761. The molecule has 7 N–H and O–H groups in total. The summed E-state index contributed by atoms with van der Waals surface area (Å²) >= 11 is 0. The van der Waals surface area contributed by atoms with Crippen molar-refractivity contribution in [1.82, 2.24) is 9.97 Å². The number of aromatic carboxylic acids is 1. The molecule has 2 aromatic rings. The zero-order valence-electron chi connectivity index (χ0n) is 13.8. The topological polar surface area (TPSA) is 145 Å². The standard InChI is InChI=1S/C15H18N6O3.Na/c16-15-20-12-11(13(22)21-15)19-10(7-18-12)5-6-17-9-3-1-8(2-4-9)14(23)24;/h1-4,10,17,19H,5-7H2,(H,23,24)(H4,16,18,20,21,22);. The molecule has 9 nitrogen and oxygen atoms in total. The van der Waals surface area contributed by atoms with Crippen LogP contribution in [0.3, 0.4) is 0 Å². The SMILES string of the molecule is Nc1nc2c(c(=O)[nH]1)NC(CCNc1ccc(C(=O)O)cc1)CN2.[Na]. The molecule has 10 heteroatoms. The van der Waals surface area contributed by atoms with E-state index >= 15 is 0 Å². The van der Waals surface area contributed by atoms with Crippen LogP contribution in [0.15, 0.2) is 29.1 Å². The van der Waals surface area contributed by atoms with Crippen molar-refractivity contribution in [1.29, 1.82) is 0 Å². The van der Waals surface area contributed by atoms with Crippen LogP contribution in [0.2, 0.25) is 0 Å². The molecule has 0 amide bonds. The van der Waals surface area contributed by atoms with E-state index in [4.69, 9.17) is 10.8 Å². The Labute approximate surface area is 165 Å². The molecule has 0 saturated heterocycles. The quantitative estimate of drug-likeness (QED) is 0.423. The van der Waals surface area contributed by atoms with Crippen LogP contribution in [0, 0.1) is 0 Å². The number of anilines is 4. The van der Waals surface area contributed by atoms with Crippen molar-refractivity contribution in [3.05, 3.63) is 40.2 Å². The van der Waals surface area contributed by atoms with Crippen molar-refractivity contribution in [2.75, 3.05) is 34.8 Å². The Morgan fingerprint density at radius 3 is 2.76 bits per heavy atom.